The molecular weight excluding hydrogens is 336 g/mol. The summed E-state index contributed by atoms with van der Waals surface area (Å²) in [6, 6.07) is 17.2. The first-order valence-electron chi connectivity index (χ1n) is 8.41. The molecule has 2 atom stereocenters. The molecule has 0 aliphatic heterocycles. The number of rotatable bonds is 8. The second-order valence-corrected chi connectivity index (χ2v) is 5.94. The first-order chi connectivity index (χ1) is 11.6. The van der Waals surface area contributed by atoms with Gasteiger partial charge in [0.15, 0.2) is 0 Å². The SMILES string of the molecule is CCCOc1ccc(CNC(=O)C(C)C(N)c2ccccc2)cc1.Cl. The summed E-state index contributed by atoms with van der Waals surface area (Å²) in [4.78, 5) is 12.3. The zero-order chi connectivity index (χ0) is 17.4. The fraction of sp³-hybridized carbons (Fsp3) is 0.350. The van der Waals surface area contributed by atoms with E-state index in [1.165, 1.54) is 0 Å². The van der Waals surface area contributed by atoms with Crippen LogP contribution in [0.2, 0.25) is 0 Å². The highest BCUT2D eigenvalue weighted by Crippen LogP contribution is 2.19. The number of amides is 1. The Labute approximate surface area is 156 Å². The van der Waals surface area contributed by atoms with Crippen LogP contribution >= 0.6 is 12.4 Å². The van der Waals surface area contributed by atoms with E-state index in [9.17, 15) is 4.79 Å². The van der Waals surface area contributed by atoms with Crippen molar-refractivity contribution in [3.05, 3.63) is 65.7 Å². The monoisotopic (exact) mass is 362 g/mol. The number of ether oxygens (including phenoxy) is 1. The fourth-order valence-corrected chi connectivity index (χ4v) is 2.40. The van der Waals surface area contributed by atoms with Crippen molar-refractivity contribution in [2.24, 2.45) is 11.7 Å². The Hall–Kier alpha value is -2.04. The minimum atomic E-state index is -0.309. The third kappa shape index (κ3) is 6.40. The third-order valence-electron chi connectivity index (χ3n) is 4.00. The number of hydrogen-bond acceptors (Lipinski definition) is 3. The molecule has 2 aromatic carbocycles. The molecule has 2 rings (SSSR count). The minimum Gasteiger partial charge on any atom is -0.494 e. The lowest BCUT2D eigenvalue weighted by Gasteiger charge is -2.20. The van der Waals surface area contributed by atoms with Gasteiger partial charge in [0.1, 0.15) is 5.75 Å². The van der Waals surface area contributed by atoms with E-state index in [4.69, 9.17) is 10.5 Å². The Balaban J connectivity index is 0.00000312. The van der Waals surface area contributed by atoms with Crippen LogP contribution in [-0.4, -0.2) is 12.5 Å². The van der Waals surface area contributed by atoms with Gasteiger partial charge in [0.2, 0.25) is 5.91 Å². The van der Waals surface area contributed by atoms with E-state index < -0.39 is 0 Å². The van der Waals surface area contributed by atoms with Gasteiger partial charge in [0.25, 0.3) is 0 Å². The third-order valence-corrected chi connectivity index (χ3v) is 4.00. The van der Waals surface area contributed by atoms with Crippen molar-refractivity contribution in [1.29, 1.82) is 0 Å². The number of benzene rings is 2. The molecule has 2 aromatic rings. The summed E-state index contributed by atoms with van der Waals surface area (Å²) in [5.41, 5.74) is 8.20. The van der Waals surface area contributed by atoms with E-state index in [1.54, 1.807) is 0 Å². The molecule has 2 unspecified atom stereocenters. The first kappa shape index (κ1) is 21.0. The molecule has 0 fully saturated rings. The Morgan fingerprint density at radius 3 is 2.36 bits per heavy atom. The van der Waals surface area contributed by atoms with Gasteiger partial charge in [-0.05, 0) is 29.7 Å². The zero-order valence-corrected chi connectivity index (χ0v) is 15.6. The van der Waals surface area contributed by atoms with Crippen molar-refractivity contribution in [1.82, 2.24) is 5.32 Å². The van der Waals surface area contributed by atoms with Crippen molar-refractivity contribution in [3.63, 3.8) is 0 Å². The Bertz CT molecular complexity index is 632. The molecule has 1 amide bonds. The molecule has 0 saturated carbocycles. The van der Waals surface area contributed by atoms with Crippen LogP contribution in [0.4, 0.5) is 0 Å². The molecule has 0 bridgehead atoms. The summed E-state index contributed by atoms with van der Waals surface area (Å²) in [5, 5.41) is 2.95. The van der Waals surface area contributed by atoms with E-state index >= 15 is 0 Å². The molecule has 0 saturated heterocycles. The quantitative estimate of drug-likeness (QED) is 0.749. The highest BCUT2D eigenvalue weighted by Gasteiger charge is 2.21. The van der Waals surface area contributed by atoms with E-state index in [0.29, 0.717) is 13.2 Å². The smallest absolute Gasteiger partial charge is 0.225 e. The number of carbonyl (C=O) groups excluding carboxylic acids is 1. The summed E-state index contributed by atoms with van der Waals surface area (Å²) in [7, 11) is 0. The minimum absolute atomic E-state index is 0. The van der Waals surface area contributed by atoms with Crippen molar-refractivity contribution in [2.45, 2.75) is 32.9 Å². The van der Waals surface area contributed by atoms with Gasteiger partial charge >= 0.3 is 0 Å². The van der Waals surface area contributed by atoms with Crippen molar-refractivity contribution in [3.8, 4) is 5.75 Å². The molecule has 3 N–H and O–H groups in total. The molecule has 0 radical (unpaired) electrons. The van der Waals surface area contributed by atoms with Gasteiger partial charge in [-0.25, -0.2) is 0 Å². The van der Waals surface area contributed by atoms with Gasteiger partial charge in [-0.15, -0.1) is 12.4 Å². The molecule has 136 valence electrons. The van der Waals surface area contributed by atoms with Gasteiger partial charge in [-0.2, -0.15) is 0 Å². The first-order valence-corrected chi connectivity index (χ1v) is 8.41. The van der Waals surface area contributed by atoms with Gasteiger partial charge in [0.05, 0.1) is 12.5 Å². The number of hydrogen-bond donors (Lipinski definition) is 2. The van der Waals surface area contributed by atoms with Crippen molar-refractivity contribution < 1.29 is 9.53 Å². The zero-order valence-electron chi connectivity index (χ0n) is 14.8. The molecule has 0 spiro atoms. The fourth-order valence-electron chi connectivity index (χ4n) is 2.40. The number of halogens is 1. The predicted octanol–water partition coefficient (Wildman–Crippen LogP) is 3.85. The van der Waals surface area contributed by atoms with Gasteiger partial charge < -0.3 is 15.8 Å². The summed E-state index contributed by atoms with van der Waals surface area (Å²) in [6.07, 6.45) is 0.983. The van der Waals surface area contributed by atoms with E-state index in [-0.39, 0.29) is 30.3 Å². The van der Waals surface area contributed by atoms with Gasteiger partial charge in [-0.1, -0.05) is 56.3 Å². The summed E-state index contributed by atoms with van der Waals surface area (Å²) >= 11 is 0. The average molecular weight is 363 g/mol. The molecule has 0 heterocycles. The molecule has 4 nitrogen and oxygen atoms in total. The average Bonchev–Trinajstić information content (AvgIpc) is 2.64. The maximum absolute atomic E-state index is 12.3. The normalized spacial score (nSPS) is 12.6. The second-order valence-electron chi connectivity index (χ2n) is 5.94. The van der Waals surface area contributed by atoms with Crippen LogP contribution in [0.5, 0.6) is 5.75 Å². The summed E-state index contributed by atoms with van der Waals surface area (Å²) in [5.74, 6) is 0.517. The number of nitrogens with two attached hydrogens (primary N) is 1. The van der Waals surface area contributed by atoms with Crippen molar-refractivity contribution in [2.75, 3.05) is 6.61 Å². The predicted molar refractivity (Wildman–Crippen MR) is 104 cm³/mol. The molecule has 5 heteroatoms. The van der Waals surface area contributed by atoms with E-state index in [2.05, 4.69) is 12.2 Å². The molecular formula is C20H27ClN2O2. The maximum Gasteiger partial charge on any atom is 0.225 e. The van der Waals surface area contributed by atoms with Crippen LogP contribution in [0.25, 0.3) is 0 Å². The highest BCUT2D eigenvalue weighted by atomic mass is 35.5. The Morgan fingerprint density at radius 1 is 1.12 bits per heavy atom. The molecule has 0 aromatic heterocycles. The second kappa shape index (κ2) is 10.7. The van der Waals surface area contributed by atoms with Gasteiger partial charge in [0, 0.05) is 12.6 Å². The summed E-state index contributed by atoms with van der Waals surface area (Å²) < 4.78 is 5.55. The van der Waals surface area contributed by atoms with E-state index in [0.717, 1.165) is 23.3 Å². The summed E-state index contributed by atoms with van der Waals surface area (Å²) in [6.45, 7) is 5.13. The molecule has 0 aliphatic carbocycles. The Kier molecular flexibility index (Phi) is 9.03. The topological polar surface area (TPSA) is 64.3 Å². The number of nitrogens with one attached hydrogen (secondary N) is 1. The lowest BCUT2D eigenvalue weighted by Crippen LogP contribution is -2.35. The van der Waals surface area contributed by atoms with Crippen LogP contribution in [-0.2, 0) is 11.3 Å². The van der Waals surface area contributed by atoms with Crippen LogP contribution < -0.4 is 15.8 Å². The molecule has 25 heavy (non-hydrogen) atoms. The highest BCUT2D eigenvalue weighted by molar-refractivity contribution is 5.85. The lowest BCUT2D eigenvalue weighted by atomic mass is 9.94. The van der Waals surface area contributed by atoms with Crippen LogP contribution in [0.1, 0.15) is 37.4 Å². The van der Waals surface area contributed by atoms with Crippen molar-refractivity contribution >= 4 is 18.3 Å². The standard InChI is InChI=1S/C20H26N2O2.ClH/c1-3-13-24-18-11-9-16(10-12-18)14-22-20(23)15(2)19(21)17-7-5-4-6-8-17;/h4-12,15,19H,3,13-14,21H2,1-2H3,(H,22,23);1H. The maximum atomic E-state index is 12.3. The largest absolute Gasteiger partial charge is 0.494 e. The van der Waals surface area contributed by atoms with Crippen LogP contribution in [0.3, 0.4) is 0 Å². The molecule has 0 aliphatic rings. The Morgan fingerprint density at radius 2 is 1.76 bits per heavy atom. The lowest BCUT2D eigenvalue weighted by molar-refractivity contribution is -0.125. The van der Waals surface area contributed by atoms with Gasteiger partial charge in [-0.3, -0.25) is 4.79 Å². The van der Waals surface area contributed by atoms with Crippen LogP contribution in [0.15, 0.2) is 54.6 Å². The number of carbonyl (C=O) groups is 1. The van der Waals surface area contributed by atoms with Crippen LogP contribution in [0, 0.1) is 5.92 Å². The van der Waals surface area contributed by atoms with E-state index in [1.807, 2.05) is 61.5 Å².